The molecule has 0 saturated heterocycles. The van der Waals surface area contributed by atoms with Gasteiger partial charge in [0.25, 0.3) is 0 Å². The molecule has 0 bridgehead atoms. The van der Waals surface area contributed by atoms with Gasteiger partial charge in [-0.1, -0.05) is 12.8 Å². The number of nitrogens with one attached hydrogen (secondary N) is 1. The Bertz CT molecular complexity index is 537. The first-order valence-electron chi connectivity index (χ1n) is 6.49. The van der Waals surface area contributed by atoms with Crippen LogP contribution in [0.2, 0.25) is 0 Å². The Labute approximate surface area is 114 Å². The van der Waals surface area contributed by atoms with Gasteiger partial charge in [-0.15, -0.1) is 0 Å². The molecule has 1 aromatic carbocycles. The maximum absolute atomic E-state index is 11.7. The van der Waals surface area contributed by atoms with Gasteiger partial charge < -0.3 is 10.5 Å². The first-order valence-corrected chi connectivity index (χ1v) is 7.97. The summed E-state index contributed by atoms with van der Waals surface area (Å²) in [6, 6.07) is 4.69. The fraction of sp³-hybridized carbons (Fsp3) is 0.538. The molecule has 1 aromatic rings. The fourth-order valence-electron chi connectivity index (χ4n) is 2.36. The van der Waals surface area contributed by atoms with Crippen LogP contribution in [0.5, 0.6) is 5.75 Å². The number of benzene rings is 1. The monoisotopic (exact) mass is 284 g/mol. The molecular formula is C13H20N2O3S. The van der Waals surface area contributed by atoms with E-state index >= 15 is 0 Å². The van der Waals surface area contributed by atoms with Crippen LogP contribution >= 0.6 is 0 Å². The second-order valence-corrected chi connectivity index (χ2v) is 6.72. The summed E-state index contributed by atoms with van der Waals surface area (Å²) in [6.07, 6.45) is 4.97. The van der Waals surface area contributed by atoms with Crippen molar-refractivity contribution in [2.24, 2.45) is 5.92 Å². The van der Waals surface area contributed by atoms with Crippen molar-refractivity contribution in [2.75, 3.05) is 19.4 Å². The summed E-state index contributed by atoms with van der Waals surface area (Å²) in [5.41, 5.74) is 5.97. The number of anilines is 1. The van der Waals surface area contributed by atoms with Gasteiger partial charge in [0.2, 0.25) is 10.0 Å². The summed E-state index contributed by atoms with van der Waals surface area (Å²) in [5.74, 6) is 1.24. The lowest BCUT2D eigenvalue weighted by Gasteiger charge is -2.13. The number of sulfonamides is 1. The highest BCUT2D eigenvalue weighted by atomic mass is 32.2. The highest BCUT2D eigenvalue weighted by molar-refractivity contribution is 7.89. The summed E-state index contributed by atoms with van der Waals surface area (Å²) in [6.45, 7) is 0.678. The van der Waals surface area contributed by atoms with E-state index in [2.05, 4.69) is 4.72 Å². The van der Waals surface area contributed by atoms with Gasteiger partial charge in [-0.25, -0.2) is 13.1 Å². The Morgan fingerprint density at radius 3 is 2.63 bits per heavy atom. The molecular weight excluding hydrogens is 264 g/mol. The van der Waals surface area contributed by atoms with E-state index in [-0.39, 0.29) is 10.6 Å². The quantitative estimate of drug-likeness (QED) is 0.807. The summed E-state index contributed by atoms with van der Waals surface area (Å²) in [4.78, 5) is 0.0863. The molecule has 0 aliphatic heterocycles. The Morgan fingerprint density at radius 1 is 1.37 bits per heavy atom. The number of hydrogen-bond acceptors (Lipinski definition) is 4. The maximum atomic E-state index is 11.7. The molecule has 106 valence electrons. The minimum Gasteiger partial charge on any atom is -0.493 e. The Hall–Kier alpha value is -1.27. The van der Waals surface area contributed by atoms with Gasteiger partial charge in [0, 0.05) is 6.07 Å². The first kappa shape index (κ1) is 14.1. The molecule has 1 aliphatic rings. The highest BCUT2D eigenvalue weighted by Gasteiger charge is 2.17. The average Bonchev–Trinajstić information content (AvgIpc) is 2.89. The van der Waals surface area contributed by atoms with Gasteiger partial charge in [-0.3, -0.25) is 0 Å². The Morgan fingerprint density at radius 2 is 2.05 bits per heavy atom. The second-order valence-electron chi connectivity index (χ2n) is 4.87. The van der Waals surface area contributed by atoms with Gasteiger partial charge in [-0.05, 0) is 37.9 Å². The zero-order chi connectivity index (χ0) is 13.9. The molecule has 19 heavy (non-hydrogen) atoms. The van der Waals surface area contributed by atoms with Crippen molar-refractivity contribution in [3.8, 4) is 5.75 Å². The largest absolute Gasteiger partial charge is 0.493 e. The number of rotatable bonds is 5. The molecule has 0 radical (unpaired) electrons. The lowest BCUT2D eigenvalue weighted by molar-refractivity contribution is 0.252. The van der Waals surface area contributed by atoms with Crippen LogP contribution in [-0.2, 0) is 10.0 Å². The van der Waals surface area contributed by atoms with Crippen LogP contribution in [0.3, 0.4) is 0 Å². The standard InChI is InChI=1S/C13H20N2O3S/c1-15-19(16,17)13-7-6-11(8-12(13)14)18-9-10-4-2-3-5-10/h6-8,10,15H,2-5,9,14H2,1H3. The predicted octanol–water partition coefficient (Wildman–Crippen LogP) is 1.75. The fourth-order valence-corrected chi connectivity index (χ4v) is 3.20. The van der Waals surface area contributed by atoms with Crippen molar-refractivity contribution in [3.63, 3.8) is 0 Å². The summed E-state index contributed by atoms with van der Waals surface area (Å²) in [7, 11) is -2.15. The number of nitrogens with two attached hydrogens (primary N) is 1. The van der Waals surface area contributed by atoms with E-state index in [1.165, 1.54) is 38.8 Å². The van der Waals surface area contributed by atoms with E-state index in [9.17, 15) is 8.42 Å². The molecule has 6 heteroatoms. The SMILES string of the molecule is CNS(=O)(=O)c1ccc(OCC2CCCC2)cc1N. The lowest BCUT2D eigenvalue weighted by atomic mass is 10.1. The zero-order valence-electron chi connectivity index (χ0n) is 11.1. The van der Waals surface area contributed by atoms with Crippen molar-refractivity contribution in [1.82, 2.24) is 4.72 Å². The van der Waals surface area contributed by atoms with Crippen molar-refractivity contribution >= 4 is 15.7 Å². The third-order valence-electron chi connectivity index (χ3n) is 3.50. The van der Waals surface area contributed by atoms with Crippen LogP contribution in [0.4, 0.5) is 5.69 Å². The smallest absolute Gasteiger partial charge is 0.242 e. The van der Waals surface area contributed by atoms with E-state index in [1.54, 1.807) is 12.1 Å². The topological polar surface area (TPSA) is 81.4 Å². The molecule has 2 rings (SSSR count). The van der Waals surface area contributed by atoms with Crippen LogP contribution in [-0.4, -0.2) is 22.1 Å². The van der Waals surface area contributed by atoms with Crippen LogP contribution in [0.25, 0.3) is 0 Å². The number of ether oxygens (including phenoxy) is 1. The molecule has 0 amide bonds. The molecule has 1 fully saturated rings. The van der Waals surface area contributed by atoms with Crippen LogP contribution in [0.15, 0.2) is 23.1 Å². The molecule has 0 atom stereocenters. The summed E-state index contributed by atoms with van der Waals surface area (Å²) < 4.78 is 31.3. The molecule has 0 aromatic heterocycles. The van der Waals surface area contributed by atoms with E-state index in [0.717, 1.165) is 0 Å². The van der Waals surface area contributed by atoms with Gasteiger partial charge in [0.05, 0.1) is 12.3 Å². The van der Waals surface area contributed by atoms with Crippen LogP contribution in [0.1, 0.15) is 25.7 Å². The predicted molar refractivity (Wildman–Crippen MR) is 74.6 cm³/mol. The Balaban J connectivity index is 2.06. The highest BCUT2D eigenvalue weighted by Crippen LogP contribution is 2.27. The van der Waals surface area contributed by atoms with Gasteiger partial charge in [0.15, 0.2) is 0 Å². The van der Waals surface area contributed by atoms with Crippen molar-refractivity contribution in [1.29, 1.82) is 0 Å². The van der Waals surface area contributed by atoms with Gasteiger partial charge in [0.1, 0.15) is 10.6 Å². The summed E-state index contributed by atoms with van der Waals surface area (Å²) in [5, 5.41) is 0. The lowest BCUT2D eigenvalue weighted by Crippen LogP contribution is -2.20. The van der Waals surface area contributed by atoms with E-state index in [1.807, 2.05) is 0 Å². The number of hydrogen-bond donors (Lipinski definition) is 2. The molecule has 0 heterocycles. The third-order valence-corrected chi connectivity index (χ3v) is 4.99. The molecule has 1 saturated carbocycles. The minimum atomic E-state index is -3.51. The van der Waals surface area contributed by atoms with Gasteiger partial charge >= 0.3 is 0 Å². The van der Waals surface area contributed by atoms with E-state index in [4.69, 9.17) is 10.5 Å². The molecule has 0 spiro atoms. The maximum Gasteiger partial charge on any atom is 0.242 e. The molecule has 0 unspecified atom stereocenters. The van der Waals surface area contributed by atoms with E-state index in [0.29, 0.717) is 18.3 Å². The van der Waals surface area contributed by atoms with Crippen molar-refractivity contribution in [3.05, 3.63) is 18.2 Å². The normalized spacial score (nSPS) is 16.7. The second kappa shape index (κ2) is 5.79. The zero-order valence-corrected chi connectivity index (χ0v) is 11.9. The molecule has 1 aliphatic carbocycles. The van der Waals surface area contributed by atoms with Crippen LogP contribution < -0.4 is 15.2 Å². The van der Waals surface area contributed by atoms with Crippen molar-refractivity contribution in [2.45, 2.75) is 30.6 Å². The number of nitrogen functional groups attached to an aromatic ring is 1. The molecule has 5 nitrogen and oxygen atoms in total. The van der Waals surface area contributed by atoms with Crippen molar-refractivity contribution < 1.29 is 13.2 Å². The first-order chi connectivity index (χ1) is 9.03. The Kier molecular flexibility index (Phi) is 4.31. The van der Waals surface area contributed by atoms with Crippen LogP contribution in [0, 0.1) is 5.92 Å². The third kappa shape index (κ3) is 3.39. The summed E-state index contributed by atoms with van der Waals surface area (Å²) >= 11 is 0. The minimum absolute atomic E-state index is 0.0863. The van der Waals surface area contributed by atoms with E-state index < -0.39 is 10.0 Å². The molecule has 3 N–H and O–H groups in total. The van der Waals surface area contributed by atoms with Gasteiger partial charge in [-0.2, -0.15) is 0 Å². The average molecular weight is 284 g/mol.